The highest BCUT2D eigenvalue weighted by atomic mass is 32.2. The van der Waals surface area contributed by atoms with Gasteiger partial charge in [-0.15, -0.1) is 11.3 Å². The third-order valence-electron chi connectivity index (χ3n) is 4.18. The van der Waals surface area contributed by atoms with Crippen molar-refractivity contribution in [2.75, 3.05) is 25.0 Å². The minimum absolute atomic E-state index is 0.0864. The number of sulfonamides is 1. The summed E-state index contributed by atoms with van der Waals surface area (Å²) >= 11 is 1.33. The van der Waals surface area contributed by atoms with E-state index in [1.165, 1.54) is 21.7 Å². The van der Waals surface area contributed by atoms with E-state index in [1.807, 2.05) is 5.38 Å². The molecule has 1 aromatic carbocycles. The first-order valence-electron chi connectivity index (χ1n) is 9.02. The maximum atomic E-state index is 12.8. The van der Waals surface area contributed by atoms with Crippen LogP contribution in [0.5, 0.6) is 0 Å². The number of carbonyl (C=O) groups is 2. The Balaban J connectivity index is 2.00. The lowest BCUT2D eigenvalue weighted by molar-refractivity contribution is -0.116. The van der Waals surface area contributed by atoms with Gasteiger partial charge in [0.05, 0.1) is 9.77 Å². The van der Waals surface area contributed by atoms with Crippen LogP contribution in [0.1, 0.15) is 35.5 Å². The van der Waals surface area contributed by atoms with E-state index in [0.29, 0.717) is 29.2 Å². The second-order valence-corrected chi connectivity index (χ2v) is 8.96. The summed E-state index contributed by atoms with van der Waals surface area (Å²) in [6.45, 7) is 6.23. The van der Waals surface area contributed by atoms with Crippen molar-refractivity contribution in [3.63, 3.8) is 0 Å². The third-order valence-corrected chi connectivity index (χ3v) is 7.24. The molecule has 2 aromatic rings. The van der Waals surface area contributed by atoms with Crippen molar-refractivity contribution in [2.45, 2.75) is 32.1 Å². The Morgan fingerprint density at radius 1 is 1.14 bits per heavy atom. The molecular weight excluding hydrogens is 398 g/mol. The molecule has 0 aliphatic rings. The normalized spacial score (nSPS) is 11.4. The Kier molecular flexibility index (Phi) is 7.73. The molecule has 0 atom stereocenters. The molecular formula is C19H25N3O4S2. The lowest BCUT2D eigenvalue weighted by atomic mass is 10.2. The number of amides is 2. The van der Waals surface area contributed by atoms with Gasteiger partial charge in [0.2, 0.25) is 15.9 Å². The molecule has 0 aliphatic carbocycles. The molecule has 1 aromatic heterocycles. The zero-order valence-corrected chi connectivity index (χ0v) is 17.8. The van der Waals surface area contributed by atoms with Gasteiger partial charge in [-0.2, -0.15) is 4.31 Å². The van der Waals surface area contributed by atoms with Crippen molar-refractivity contribution in [3.05, 3.63) is 46.2 Å². The highest BCUT2D eigenvalue weighted by Crippen LogP contribution is 2.23. The Morgan fingerprint density at radius 3 is 2.46 bits per heavy atom. The predicted molar refractivity (Wildman–Crippen MR) is 111 cm³/mol. The van der Waals surface area contributed by atoms with E-state index in [2.05, 4.69) is 10.6 Å². The van der Waals surface area contributed by atoms with Gasteiger partial charge in [0.1, 0.15) is 0 Å². The number of hydrogen-bond donors (Lipinski definition) is 2. The fourth-order valence-electron chi connectivity index (χ4n) is 2.67. The maximum Gasteiger partial charge on any atom is 0.261 e. The van der Waals surface area contributed by atoms with Crippen LogP contribution >= 0.6 is 11.3 Å². The van der Waals surface area contributed by atoms with E-state index >= 15 is 0 Å². The van der Waals surface area contributed by atoms with Gasteiger partial charge in [-0.3, -0.25) is 9.59 Å². The molecule has 0 aliphatic heterocycles. The minimum Gasteiger partial charge on any atom is -0.351 e. The number of anilines is 1. The Bertz CT molecular complexity index is 921. The number of rotatable bonds is 9. The van der Waals surface area contributed by atoms with Crippen molar-refractivity contribution in [1.82, 2.24) is 9.62 Å². The monoisotopic (exact) mass is 423 g/mol. The van der Waals surface area contributed by atoms with Crippen molar-refractivity contribution in [1.29, 1.82) is 0 Å². The molecule has 7 nitrogen and oxygen atoms in total. The molecule has 152 valence electrons. The van der Waals surface area contributed by atoms with E-state index in [9.17, 15) is 18.0 Å². The summed E-state index contributed by atoms with van der Waals surface area (Å²) in [6, 6.07) is 8.31. The van der Waals surface area contributed by atoms with Crippen LogP contribution in [0.25, 0.3) is 0 Å². The third kappa shape index (κ3) is 5.40. The highest BCUT2D eigenvalue weighted by molar-refractivity contribution is 7.89. The van der Waals surface area contributed by atoms with Gasteiger partial charge in [-0.1, -0.05) is 26.0 Å². The number of nitrogens with one attached hydrogen (secondary N) is 2. The van der Waals surface area contributed by atoms with E-state index < -0.39 is 10.0 Å². The maximum absolute atomic E-state index is 12.8. The van der Waals surface area contributed by atoms with Gasteiger partial charge in [-0.05, 0) is 36.1 Å². The van der Waals surface area contributed by atoms with E-state index in [1.54, 1.807) is 45.0 Å². The minimum atomic E-state index is -3.62. The van der Waals surface area contributed by atoms with Crippen LogP contribution in [0.3, 0.4) is 0 Å². The predicted octanol–water partition coefficient (Wildman–Crippen LogP) is 2.85. The van der Waals surface area contributed by atoms with Gasteiger partial charge >= 0.3 is 0 Å². The second-order valence-electron chi connectivity index (χ2n) is 6.10. The number of aryl methyl sites for hydroxylation is 1. The van der Waals surface area contributed by atoms with Crippen LogP contribution in [-0.2, 0) is 14.8 Å². The fraction of sp³-hybridized carbons (Fsp3) is 0.368. The summed E-state index contributed by atoms with van der Waals surface area (Å²) in [7, 11) is -3.62. The summed E-state index contributed by atoms with van der Waals surface area (Å²) in [6.07, 6.45) is 0.0864. The van der Waals surface area contributed by atoms with E-state index in [0.717, 1.165) is 0 Å². The van der Waals surface area contributed by atoms with Crippen LogP contribution in [0.15, 0.2) is 40.6 Å². The van der Waals surface area contributed by atoms with E-state index in [-0.39, 0.29) is 29.7 Å². The number of nitrogens with zero attached hydrogens (tertiary/aromatic N) is 1. The molecule has 1 heterocycles. The molecule has 0 bridgehead atoms. The molecule has 2 N–H and O–H groups in total. The number of benzene rings is 1. The summed E-state index contributed by atoms with van der Waals surface area (Å²) in [4.78, 5) is 24.8. The summed E-state index contributed by atoms with van der Waals surface area (Å²) in [5, 5.41) is 7.19. The summed E-state index contributed by atoms with van der Waals surface area (Å²) in [5.41, 5.74) is 1.03. The smallest absolute Gasteiger partial charge is 0.261 e. The van der Waals surface area contributed by atoms with Gasteiger partial charge in [0.25, 0.3) is 5.91 Å². The van der Waals surface area contributed by atoms with Crippen LogP contribution in [0.4, 0.5) is 5.69 Å². The SMILES string of the molecule is CCN(CC)S(=O)(=O)c1cc(NC(=O)CCNC(=O)c2cccs2)ccc1C. The number of hydrogen-bond acceptors (Lipinski definition) is 5. The van der Waals surface area contributed by atoms with Crippen molar-refractivity contribution >= 4 is 38.9 Å². The first-order chi connectivity index (χ1) is 13.3. The average Bonchev–Trinajstić information content (AvgIpc) is 3.18. The van der Waals surface area contributed by atoms with Crippen molar-refractivity contribution in [3.8, 4) is 0 Å². The molecule has 2 amide bonds. The molecule has 0 saturated carbocycles. The second kappa shape index (κ2) is 9.81. The van der Waals surface area contributed by atoms with Crippen LogP contribution in [-0.4, -0.2) is 44.2 Å². The molecule has 28 heavy (non-hydrogen) atoms. The van der Waals surface area contributed by atoms with Crippen LogP contribution < -0.4 is 10.6 Å². The highest BCUT2D eigenvalue weighted by Gasteiger charge is 2.24. The van der Waals surface area contributed by atoms with Gasteiger partial charge < -0.3 is 10.6 Å². The van der Waals surface area contributed by atoms with Crippen molar-refractivity contribution in [2.24, 2.45) is 0 Å². The van der Waals surface area contributed by atoms with Crippen LogP contribution in [0.2, 0.25) is 0 Å². The number of thiophene rings is 1. The molecule has 0 fully saturated rings. The van der Waals surface area contributed by atoms with Crippen LogP contribution in [0, 0.1) is 6.92 Å². The zero-order chi connectivity index (χ0) is 20.7. The quantitative estimate of drug-likeness (QED) is 0.648. The molecule has 9 heteroatoms. The van der Waals surface area contributed by atoms with Gasteiger partial charge in [-0.25, -0.2) is 8.42 Å². The Labute approximate surface area is 169 Å². The summed E-state index contributed by atoms with van der Waals surface area (Å²) in [5.74, 6) is -0.521. The van der Waals surface area contributed by atoms with E-state index in [4.69, 9.17) is 0 Å². The average molecular weight is 424 g/mol. The molecule has 0 unspecified atom stereocenters. The molecule has 0 spiro atoms. The lowest BCUT2D eigenvalue weighted by Gasteiger charge is -2.20. The Hall–Kier alpha value is -2.23. The van der Waals surface area contributed by atoms with Crippen molar-refractivity contribution < 1.29 is 18.0 Å². The lowest BCUT2D eigenvalue weighted by Crippen LogP contribution is -2.31. The standard InChI is InChI=1S/C19H25N3O4S2/c1-4-22(5-2)28(25,26)17-13-15(9-8-14(17)3)21-18(23)10-11-20-19(24)16-7-6-12-27-16/h6-9,12-13H,4-5,10-11H2,1-3H3,(H,20,24)(H,21,23). The van der Waals surface area contributed by atoms with Gasteiger partial charge in [0, 0.05) is 31.7 Å². The molecule has 0 radical (unpaired) electrons. The molecule has 2 rings (SSSR count). The first-order valence-corrected chi connectivity index (χ1v) is 11.3. The zero-order valence-electron chi connectivity index (χ0n) is 16.2. The topological polar surface area (TPSA) is 95.6 Å². The Morgan fingerprint density at radius 2 is 1.86 bits per heavy atom. The first kappa shape index (κ1) is 22.1. The van der Waals surface area contributed by atoms with Gasteiger partial charge in [0.15, 0.2) is 0 Å². The number of carbonyl (C=O) groups excluding carboxylic acids is 2. The largest absolute Gasteiger partial charge is 0.351 e. The summed E-state index contributed by atoms with van der Waals surface area (Å²) < 4.78 is 26.9. The molecule has 0 saturated heterocycles. The fourth-order valence-corrected chi connectivity index (χ4v) is 5.02.